The molecule has 0 saturated heterocycles. The van der Waals surface area contributed by atoms with E-state index in [4.69, 9.17) is 10.3 Å². The molecule has 0 radical (unpaired) electrons. The number of furan rings is 1. The Hall–Kier alpha value is -2.93. The second-order valence-electron chi connectivity index (χ2n) is 4.43. The summed E-state index contributed by atoms with van der Waals surface area (Å²) in [4.78, 5) is 28.2. The molecule has 0 saturated carbocycles. The molecule has 0 aliphatic heterocycles. The van der Waals surface area contributed by atoms with Gasteiger partial charge in [0.1, 0.15) is 5.76 Å². The zero-order valence-corrected chi connectivity index (χ0v) is 10.9. The number of nitrogens with one attached hydrogen (secondary N) is 1. The van der Waals surface area contributed by atoms with Crippen molar-refractivity contribution in [3.63, 3.8) is 0 Å². The molecule has 0 fully saturated rings. The van der Waals surface area contributed by atoms with Crippen LogP contribution in [0.3, 0.4) is 0 Å². The molecular weight excluding hydrogens is 272 g/mol. The molecule has 7 nitrogen and oxygen atoms in total. The minimum atomic E-state index is -0.472. The van der Waals surface area contributed by atoms with Crippen molar-refractivity contribution in [1.29, 1.82) is 0 Å². The van der Waals surface area contributed by atoms with Crippen molar-refractivity contribution < 1.29 is 9.21 Å². The van der Waals surface area contributed by atoms with Crippen LogP contribution in [0, 0.1) is 0 Å². The molecule has 0 bridgehead atoms. The fraction of sp³-hybridized carbons (Fsp3) is 0.0714. The number of carbonyl (C=O) groups excluding carboxylic acids is 1. The maximum Gasteiger partial charge on any atom is 0.268 e. The standard InChI is InChI=1S/C14H12N4O3/c15-17-13(19)10-5-6-21-12(10)7-18-8-16-11-4-2-1-3-9(11)14(18)20/h1-6,8H,7,15H2,(H,17,19). The molecule has 1 amide bonds. The van der Waals surface area contributed by atoms with Crippen LogP contribution in [-0.4, -0.2) is 15.5 Å². The maximum atomic E-state index is 12.4. The molecule has 0 aliphatic rings. The Balaban J connectivity index is 2.03. The van der Waals surface area contributed by atoms with Gasteiger partial charge in [0.05, 0.1) is 35.6 Å². The predicted octanol–water partition coefficient (Wildman–Crippen LogP) is 0.641. The van der Waals surface area contributed by atoms with E-state index in [1.807, 2.05) is 11.5 Å². The lowest BCUT2D eigenvalue weighted by molar-refractivity contribution is 0.0951. The topological polar surface area (TPSA) is 103 Å². The summed E-state index contributed by atoms with van der Waals surface area (Å²) in [6, 6.07) is 8.56. The first-order valence-corrected chi connectivity index (χ1v) is 6.22. The van der Waals surface area contributed by atoms with Crippen LogP contribution in [0.15, 0.2) is 52.1 Å². The predicted molar refractivity (Wildman–Crippen MR) is 75.5 cm³/mol. The van der Waals surface area contributed by atoms with Crippen LogP contribution >= 0.6 is 0 Å². The van der Waals surface area contributed by atoms with E-state index in [1.165, 1.54) is 23.2 Å². The van der Waals surface area contributed by atoms with Crippen LogP contribution in [0.4, 0.5) is 0 Å². The van der Waals surface area contributed by atoms with Crippen LogP contribution in [0.2, 0.25) is 0 Å². The third-order valence-electron chi connectivity index (χ3n) is 3.17. The van der Waals surface area contributed by atoms with E-state index in [0.717, 1.165) is 0 Å². The molecule has 2 heterocycles. The highest BCUT2D eigenvalue weighted by Crippen LogP contribution is 2.12. The van der Waals surface area contributed by atoms with Crippen LogP contribution < -0.4 is 16.8 Å². The van der Waals surface area contributed by atoms with Gasteiger partial charge in [-0.1, -0.05) is 12.1 Å². The molecule has 0 atom stereocenters. The van der Waals surface area contributed by atoms with Crippen molar-refractivity contribution in [3.8, 4) is 0 Å². The van der Waals surface area contributed by atoms with Crippen LogP contribution in [0.25, 0.3) is 10.9 Å². The zero-order valence-electron chi connectivity index (χ0n) is 10.9. The smallest absolute Gasteiger partial charge is 0.268 e. The third-order valence-corrected chi connectivity index (χ3v) is 3.17. The molecule has 0 spiro atoms. The third kappa shape index (κ3) is 2.30. The lowest BCUT2D eigenvalue weighted by Crippen LogP contribution is -2.31. The van der Waals surface area contributed by atoms with Crippen molar-refractivity contribution in [2.75, 3.05) is 0 Å². The van der Waals surface area contributed by atoms with Crippen LogP contribution in [0.5, 0.6) is 0 Å². The number of para-hydroxylation sites is 1. The Bertz CT molecular complexity index is 866. The number of hydrazine groups is 1. The second kappa shape index (κ2) is 5.22. The van der Waals surface area contributed by atoms with E-state index in [-0.39, 0.29) is 17.7 Å². The first-order chi connectivity index (χ1) is 10.2. The first kappa shape index (κ1) is 13.1. The largest absolute Gasteiger partial charge is 0.467 e. The molecule has 0 unspecified atom stereocenters. The molecule has 3 rings (SSSR count). The minimum Gasteiger partial charge on any atom is -0.467 e. The summed E-state index contributed by atoms with van der Waals surface area (Å²) in [6.45, 7) is 0.104. The molecule has 106 valence electrons. The lowest BCUT2D eigenvalue weighted by Gasteiger charge is -2.06. The van der Waals surface area contributed by atoms with E-state index in [0.29, 0.717) is 16.7 Å². The first-order valence-electron chi connectivity index (χ1n) is 6.22. The number of nitrogen functional groups attached to an aromatic ring is 1. The van der Waals surface area contributed by atoms with Crippen molar-refractivity contribution in [2.24, 2.45) is 5.84 Å². The number of fused-ring (bicyclic) bond motifs is 1. The number of carbonyl (C=O) groups is 1. The van der Waals surface area contributed by atoms with Gasteiger partial charge in [0.15, 0.2) is 0 Å². The summed E-state index contributed by atoms with van der Waals surface area (Å²) in [7, 11) is 0. The number of aromatic nitrogens is 2. The van der Waals surface area contributed by atoms with Gasteiger partial charge in [-0.3, -0.25) is 19.6 Å². The highest BCUT2D eigenvalue weighted by atomic mass is 16.3. The zero-order chi connectivity index (χ0) is 14.8. The molecule has 21 heavy (non-hydrogen) atoms. The summed E-state index contributed by atoms with van der Waals surface area (Å²) in [5.41, 5.74) is 2.75. The number of hydrogen-bond acceptors (Lipinski definition) is 5. The molecule has 3 aromatic rings. The summed E-state index contributed by atoms with van der Waals surface area (Å²) in [5, 5.41) is 0.511. The molecule has 2 aromatic heterocycles. The van der Waals surface area contributed by atoms with E-state index < -0.39 is 5.91 Å². The van der Waals surface area contributed by atoms with Crippen LogP contribution in [0.1, 0.15) is 16.1 Å². The number of nitrogens with zero attached hydrogens (tertiary/aromatic N) is 2. The Morgan fingerprint density at radius 1 is 1.33 bits per heavy atom. The molecule has 0 aliphatic carbocycles. The van der Waals surface area contributed by atoms with E-state index in [1.54, 1.807) is 18.2 Å². The number of benzene rings is 1. The van der Waals surface area contributed by atoms with E-state index in [9.17, 15) is 9.59 Å². The van der Waals surface area contributed by atoms with Crippen LogP contribution in [-0.2, 0) is 6.54 Å². The van der Waals surface area contributed by atoms with E-state index >= 15 is 0 Å². The molecule has 7 heteroatoms. The van der Waals surface area contributed by atoms with Gasteiger partial charge in [0, 0.05) is 0 Å². The monoisotopic (exact) mass is 284 g/mol. The van der Waals surface area contributed by atoms with Gasteiger partial charge in [-0.05, 0) is 18.2 Å². The Morgan fingerprint density at radius 3 is 2.95 bits per heavy atom. The maximum absolute atomic E-state index is 12.4. The van der Waals surface area contributed by atoms with Crippen molar-refractivity contribution in [3.05, 3.63) is 64.6 Å². The van der Waals surface area contributed by atoms with Crippen molar-refractivity contribution in [2.45, 2.75) is 6.54 Å². The van der Waals surface area contributed by atoms with Crippen molar-refractivity contribution in [1.82, 2.24) is 15.0 Å². The van der Waals surface area contributed by atoms with Gasteiger partial charge in [-0.25, -0.2) is 10.8 Å². The second-order valence-corrected chi connectivity index (χ2v) is 4.43. The average Bonchev–Trinajstić information content (AvgIpc) is 2.98. The summed E-state index contributed by atoms with van der Waals surface area (Å²) in [6.07, 6.45) is 2.80. The highest BCUT2D eigenvalue weighted by Gasteiger charge is 2.15. The van der Waals surface area contributed by atoms with Gasteiger partial charge >= 0.3 is 0 Å². The number of hydrogen-bond donors (Lipinski definition) is 2. The summed E-state index contributed by atoms with van der Waals surface area (Å²) in [5.74, 6) is 4.98. The highest BCUT2D eigenvalue weighted by molar-refractivity contribution is 5.94. The molecule has 1 aromatic carbocycles. The quantitative estimate of drug-likeness (QED) is 0.417. The van der Waals surface area contributed by atoms with E-state index in [2.05, 4.69) is 4.98 Å². The Morgan fingerprint density at radius 2 is 2.14 bits per heavy atom. The fourth-order valence-electron chi connectivity index (χ4n) is 2.12. The Kier molecular flexibility index (Phi) is 3.25. The van der Waals surface area contributed by atoms with Gasteiger partial charge < -0.3 is 4.42 Å². The average molecular weight is 284 g/mol. The van der Waals surface area contributed by atoms with Gasteiger partial charge in [-0.2, -0.15) is 0 Å². The van der Waals surface area contributed by atoms with Gasteiger partial charge in [0.2, 0.25) is 0 Å². The number of amides is 1. The van der Waals surface area contributed by atoms with Gasteiger partial charge in [0.25, 0.3) is 11.5 Å². The number of nitrogens with two attached hydrogens (primary N) is 1. The SMILES string of the molecule is NNC(=O)c1ccoc1Cn1cnc2ccccc2c1=O. The molecule has 3 N–H and O–H groups in total. The lowest BCUT2D eigenvalue weighted by atomic mass is 10.2. The normalized spacial score (nSPS) is 10.7. The van der Waals surface area contributed by atoms with Crippen molar-refractivity contribution >= 4 is 16.8 Å². The fourth-order valence-corrected chi connectivity index (χ4v) is 2.12. The minimum absolute atomic E-state index is 0.104. The molecular formula is C14H12N4O3. The summed E-state index contributed by atoms with van der Waals surface area (Å²) >= 11 is 0. The Labute approximate surface area is 119 Å². The summed E-state index contributed by atoms with van der Waals surface area (Å²) < 4.78 is 6.64. The number of rotatable bonds is 3. The van der Waals surface area contributed by atoms with Gasteiger partial charge in [-0.15, -0.1) is 0 Å².